The lowest BCUT2D eigenvalue weighted by atomic mass is 9.71. The minimum Gasteiger partial charge on any atom is -0.494 e. The van der Waals surface area contributed by atoms with Gasteiger partial charge in [0.1, 0.15) is 41.2 Å². The number of ether oxygens (including phenoxy) is 2. The Balaban J connectivity index is 1.60. The maximum Gasteiger partial charge on any atom is 0.417 e. The first-order valence-electron chi connectivity index (χ1n) is 13.7. The van der Waals surface area contributed by atoms with E-state index in [-0.39, 0.29) is 18.3 Å². The second kappa shape index (κ2) is 9.81. The number of aromatic nitrogens is 1. The molecule has 4 atom stereocenters. The number of hydrogen-bond acceptors (Lipinski definition) is 6. The first kappa shape index (κ1) is 29.2. The summed E-state index contributed by atoms with van der Waals surface area (Å²) in [6.45, 7) is 7.07. The smallest absolute Gasteiger partial charge is 0.417 e. The van der Waals surface area contributed by atoms with Gasteiger partial charge in [0.15, 0.2) is 0 Å². The van der Waals surface area contributed by atoms with Crippen LogP contribution in [0.3, 0.4) is 0 Å². The maximum absolute atomic E-state index is 14.5. The molecule has 1 aromatic carbocycles. The van der Waals surface area contributed by atoms with Gasteiger partial charge in [-0.15, -0.1) is 0 Å². The molecule has 4 heterocycles. The Morgan fingerprint density at radius 3 is 2.40 bits per heavy atom. The second-order valence-corrected chi connectivity index (χ2v) is 11.9. The van der Waals surface area contributed by atoms with E-state index in [2.05, 4.69) is 10.3 Å². The van der Waals surface area contributed by atoms with E-state index < -0.39 is 46.8 Å². The van der Waals surface area contributed by atoms with Crippen molar-refractivity contribution in [3.8, 4) is 0 Å². The van der Waals surface area contributed by atoms with Crippen LogP contribution >= 0.6 is 11.6 Å². The van der Waals surface area contributed by atoms with Crippen molar-refractivity contribution < 1.29 is 32.2 Å². The number of alkyl halides is 3. The predicted octanol–water partition coefficient (Wildman–Crippen LogP) is 5.76. The molecule has 1 aliphatic carbocycles. The molecule has 0 spiro atoms. The highest BCUT2D eigenvalue weighted by atomic mass is 35.5. The largest absolute Gasteiger partial charge is 0.494 e. The number of rotatable bonds is 5. The number of amides is 3. The molecule has 0 radical (unpaired) electrons. The average Bonchev–Trinajstić information content (AvgIpc) is 3.36. The van der Waals surface area contributed by atoms with Crippen LogP contribution in [0.25, 0.3) is 0 Å². The lowest BCUT2D eigenvalue weighted by Crippen LogP contribution is -2.66. The Kier molecular flexibility index (Phi) is 6.66. The Morgan fingerprint density at radius 2 is 1.81 bits per heavy atom. The van der Waals surface area contributed by atoms with E-state index in [0.717, 1.165) is 12.3 Å². The number of carbonyl (C=O) groups excluding carboxylic acids is 2. The van der Waals surface area contributed by atoms with Crippen molar-refractivity contribution in [3.05, 3.63) is 87.7 Å². The van der Waals surface area contributed by atoms with Gasteiger partial charge in [-0.3, -0.25) is 24.6 Å². The highest BCUT2D eigenvalue weighted by Gasteiger charge is 2.64. The van der Waals surface area contributed by atoms with E-state index in [1.54, 1.807) is 37.3 Å². The molecule has 0 saturated carbocycles. The quantitative estimate of drug-likeness (QED) is 0.461. The summed E-state index contributed by atoms with van der Waals surface area (Å²) >= 11 is 6.17. The van der Waals surface area contributed by atoms with Crippen LogP contribution in [0.5, 0.6) is 0 Å². The van der Waals surface area contributed by atoms with Crippen LogP contribution in [0.1, 0.15) is 56.6 Å². The molecule has 13 heteroatoms. The summed E-state index contributed by atoms with van der Waals surface area (Å²) in [5.74, 6) is 0.352. The van der Waals surface area contributed by atoms with Gasteiger partial charge in [-0.1, -0.05) is 23.7 Å². The first-order valence-corrected chi connectivity index (χ1v) is 14.0. The van der Waals surface area contributed by atoms with E-state index in [4.69, 9.17) is 26.1 Å². The fourth-order valence-electron chi connectivity index (χ4n) is 6.21. The molecule has 2 aromatic rings. The minimum atomic E-state index is -4.59. The number of pyridine rings is 1. The van der Waals surface area contributed by atoms with Crippen molar-refractivity contribution in [1.29, 1.82) is 0 Å². The number of methoxy groups -OCH3 is 1. The van der Waals surface area contributed by atoms with E-state index in [1.165, 1.54) is 23.0 Å². The van der Waals surface area contributed by atoms with E-state index in [9.17, 15) is 22.8 Å². The number of carbonyl (C=O) groups is 2. The fourth-order valence-corrected chi connectivity index (χ4v) is 6.34. The average molecular weight is 616 g/mol. The second-order valence-electron chi connectivity index (χ2n) is 11.5. The SMILES string of the molecule is COC1(C)C=C(OC(C)C)C2(C)C3=N[C@@H](c4ccc(Cl)cc4)[C@@H](c4ccc(C(F)(F)F)cn4)N3C(=O)N3CC(=O)NC1=C32. The predicted molar refractivity (Wildman–Crippen MR) is 151 cm³/mol. The molecule has 3 aliphatic heterocycles. The summed E-state index contributed by atoms with van der Waals surface area (Å²) in [6.07, 6.45) is -2.34. The third kappa shape index (κ3) is 4.41. The first-order chi connectivity index (χ1) is 20.2. The molecule has 4 aliphatic rings. The molecule has 2 unspecified atom stereocenters. The van der Waals surface area contributed by atoms with Crippen LogP contribution in [0.4, 0.5) is 18.0 Å². The minimum absolute atomic E-state index is 0.200. The molecule has 9 nitrogen and oxygen atoms in total. The zero-order valence-electron chi connectivity index (χ0n) is 24.0. The number of amidine groups is 1. The van der Waals surface area contributed by atoms with Crippen LogP contribution in [0.15, 0.2) is 70.8 Å². The lowest BCUT2D eigenvalue weighted by Gasteiger charge is -2.54. The van der Waals surface area contributed by atoms with E-state index in [1.807, 2.05) is 20.8 Å². The lowest BCUT2D eigenvalue weighted by molar-refractivity contribution is -0.137. The summed E-state index contributed by atoms with van der Waals surface area (Å²) in [5.41, 5.74) is -1.53. The number of aliphatic imine (C=N–C) groups is 1. The van der Waals surface area contributed by atoms with E-state index >= 15 is 0 Å². The summed E-state index contributed by atoms with van der Waals surface area (Å²) in [4.78, 5) is 39.5. The van der Waals surface area contributed by atoms with Gasteiger partial charge in [0, 0.05) is 18.3 Å². The van der Waals surface area contributed by atoms with Crippen molar-refractivity contribution in [2.45, 2.75) is 57.7 Å². The summed E-state index contributed by atoms with van der Waals surface area (Å²) in [7, 11) is 1.50. The monoisotopic (exact) mass is 615 g/mol. The summed E-state index contributed by atoms with van der Waals surface area (Å²) in [5, 5.41) is 3.40. The van der Waals surface area contributed by atoms with Gasteiger partial charge in [0.2, 0.25) is 5.91 Å². The van der Waals surface area contributed by atoms with Gasteiger partial charge in [0.05, 0.1) is 28.8 Å². The highest BCUT2D eigenvalue weighted by molar-refractivity contribution is 6.30. The number of fused-ring (bicyclic) bond motifs is 2. The van der Waals surface area contributed by atoms with Gasteiger partial charge < -0.3 is 14.8 Å². The maximum atomic E-state index is 14.5. The number of nitrogens with one attached hydrogen (secondary N) is 1. The Bertz CT molecular complexity index is 1600. The number of urea groups is 1. The number of nitrogens with zero attached hydrogens (tertiary/aromatic N) is 4. The number of hydrogen-bond donors (Lipinski definition) is 1. The molecule has 1 saturated heterocycles. The molecule has 1 N–H and O–H groups in total. The van der Waals surface area contributed by atoms with Gasteiger partial charge in [0.25, 0.3) is 0 Å². The third-order valence-electron chi connectivity index (χ3n) is 8.31. The van der Waals surface area contributed by atoms with Crippen LogP contribution < -0.4 is 5.32 Å². The van der Waals surface area contributed by atoms with Gasteiger partial charge in [-0.05, 0) is 63.6 Å². The topological polar surface area (TPSA) is 96.4 Å². The van der Waals surface area contributed by atoms with Gasteiger partial charge >= 0.3 is 12.2 Å². The van der Waals surface area contributed by atoms with Crippen molar-refractivity contribution in [2.24, 2.45) is 10.4 Å². The molecule has 0 bridgehead atoms. The summed E-state index contributed by atoms with van der Waals surface area (Å²) < 4.78 is 52.6. The number of benzene rings is 1. The molecule has 1 fully saturated rings. The zero-order valence-corrected chi connectivity index (χ0v) is 24.7. The molecule has 43 heavy (non-hydrogen) atoms. The molecule has 1 aromatic heterocycles. The van der Waals surface area contributed by atoms with Crippen LogP contribution in [0, 0.1) is 5.41 Å². The fraction of sp³-hybridized carbons (Fsp3) is 0.400. The Morgan fingerprint density at radius 1 is 1.12 bits per heavy atom. The molecule has 3 amide bonds. The van der Waals surface area contributed by atoms with Crippen molar-refractivity contribution in [3.63, 3.8) is 0 Å². The molecule has 6 rings (SSSR count). The van der Waals surface area contributed by atoms with Crippen molar-refractivity contribution >= 4 is 29.4 Å². The zero-order chi connectivity index (χ0) is 31.1. The third-order valence-corrected chi connectivity index (χ3v) is 8.56. The van der Waals surface area contributed by atoms with Gasteiger partial charge in [-0.2, -0.15) is 13.2 Å². The van der Waals surface area contributed by atoms with Crippen LogP contribution in [-0.4, -0.2) is 57.9 Å². The summed E-state index contributed by atoms with van der Waals surface area (Å²) in [6, 6.07) is 6.81. The Hall–Kier alpha value is -3.90. The number of halogens is 4. The standard InChI is InChI=1S/C30H29ClF3N5O4/c1-15(2)43-20-12-28(3,42-5)24-25-29(20,4)26-37-22(16-6-9-18(31)10-7-16)23(19-11-8-17(13-35-19)30(32,33)34)39(26)27(41)38(25)14-21(40)36-24/h6-13,15,22-23H,14H2,1-5H3,(H,36,40)/t22-,23+,28?,29?/m0/s1. The Labute approximate surface area is 251 Å². The van der Waals surface area contributed by atoms with E-state index in [0.29, 0.717) is 33.6 Å². The van der Waals surface area contributed by atoms with Crippen LogP contribution in [-0.2, 0) is 20.4 Å². The normalized spacial score (nSPS) is 28.4. The molecular formula is C30H29ClF3N5O4. The highest BCUT2D eigenvalue weighted by Crippen LogP contribution is 2.57. The molecular weight excluding hydrogens is 587 g/mol. The van der Waals surface area contributed by atoms with Crippen molar-refractivity contribution in [2.75, 3.05) is 13.7 Å². The van der Waals surface area contributed by atoms with Crippen molar-refractivity contribution in [1.82, 2.24) is 20.1 Å². The van der Waals surface area contributed by atoms with Crippen LogP contribution in [0.2, 0.25) is 5.02 Å². The van der Waals surface area contributed by atoms with Gasteiger partial charge in [-0.25, -0.2) is 4.79 Å². The molecule has 226 valence electrons.